The van der Waals surface area contributed by atoms with Gasteiger partial charge in [-0.25, -0.2) is 0 Å². The number of carbonyl (C=O) groups excluding carboxylic acids is 1. The molecular formula is C13H12N2O3. The second-order valence-electron chi connectivity index (χ2n) is 3.85. The topological polar surface area (TPSA) is 79.3 Å². The molecule has 2 N–H and O–H groups in total. The molecule has 1 aromatic heterocycles. The van der Waals surface area contributed by atoms with Crippen LogP contribution in [0.5, 0.6) is 0 Å². The number of carbonyl (C=O) groups is 2. The highest BCUT2D eigenvalue weighted by Gasteiger charge is 2.17. The summed E-state index contributed by atoms with van der Waals surface area (Å²) in [5.74, 6) is -0.963. The summed E-state index contributed by atoms with van der Waals surface area (Å²) in [4.78, 5) is 25.6. The van der Waals surface area contributed by atoms with Gasteiger partial charge < -0.3 is 10.4 Å². The maximum Gasteiger partial charge on any atom is 0.305 e. The maximum atomic E-state index is 10.8. The van der Waals surface area contributed by atoms with Gasteiger partial charge in [0.1, 0.15) is 0 Å². The molecule has 5 nitrogen and oxygen atoms in total. The second kappa shape index (κ2) is 5.27. The molecule has 0 aliphatic rings. The minimum absolute atomic E-state index is 0.160. The van der Waals surface area contributed by atoms with E-state index in [4.69, 9.17) is 5.11 Å². The lowest BCUT2D eigenvalue weighted by atomic mass is 10.00. The number of hydrogen-bond donors (Lipinski definition) is 2. The molecule has 1 unspecified atom stereocenters. The van der Waals surface area contributed by atoms with Crippen LogP contribution in [0.25, 0.3) is 10.9 Å². The Balaban J connectivity index is 2.49. The Morgan fingerprint density at radius 2 is 2.17 bits per heavy atom. The van der Waals surface area contributed by atoms with Crippen LogP contribution in [0.15, 0.2) is 36.5 Å². The largest absolute Gasteiger partial charge is 0.481 e. The number of carboxylic acid groups (broad SMARTS) is 1. The van der Waals surface area contributed by atoms with E-state index < -0.39 is 12.0 Å². The third kappa shape index (κ3) is 2.45. The molecule has 18 heavy (non-hydrogen) atoms. The van der Waals surface area contributed by atoms with Gasteiger partial charge in [0.25, 0.3) is 0 Å². The lowest BCUT2D eigenvalue weighted by Crippen LogP contribution is -2.22. The molecule has 2 rings (SSSR count). The van der Waals surface area contributed by atoms with E-state index >= 15 is 0 Å². The molecular weight excluding hydrogens is 232 g/mol. The SMILES string of the molecule is O=CNC(CC(=O)O)c1ccnc2ccccc12. The first-order valence-electron chi connectivity index (χ1n) is 5.47. The van der Waals surface area contributed by atoms with Crippen molar-refractivity contribution in [1.82, 2.24) is 10.3 Å². The summed E-state index contributed by atoms with van der Waals surface area (Å²) >= 11 is 0. The first-order chi connectivity index (χ1) is 8.72. The van der Waals surface area contributed by atoms with Gasteiger partial charge in [0.15, 0.2) is 0 Å². The van der Waals surface area contributed by atoms with Gasteiger partial charge in [0.2, 0.25) is 6.41 Å². The van der Waals surface area contributed by atoms with Crippen molar-refractivity contribution in [3.63, 3.8) is 0 Å². The summed E-state index contributed by atoms with van der Waals surface area (Å²) in [6, 6.07) is 8.60. The van der Waals surface area contributed by atoms with Crippen molar-refractivity contribution in [3.8, 4) is 0 Å². The fraction of sp³-hybridized carbons (Fsp3) is 0.154. The zero-order valence-corrected chi connectivity index (χ0v) is 9.54. The quantitative estimate of drug-likeness (QED) is 0.781. The lowest BCUT2D eigenvalue weighted by Gasteiger charge is -2.16. The van der Waals surface area contributed by atoms with E-state index in [1.165, 1.54) is 0 Å². The van der Waals surface area contributed by atoms with Gasteiger partial charge in [-0.1, -0.05) is 18.2 Å². The number of rotatable bonds is 5. The predicted octanol–water partition coefficient (Wildman–Crippen LogP) is 1.50. The Morgan fingerprint density at radius 3 is 2.89 bits per heavy atom. The van der Waals surface area contributed by atoms with Crippen LogP contribution < -0.4 is 5.32 Å². The number of pyridine rings is 1. The first kappa shape index (κ1) is 12.0. The summed E-state index contributed by atoms with van der Waals surface area (Å²) in [6.45, 7) is 0. The normalized spacial score (nSPS) is 12.0. The number of fused-ring (bicyclic) bond motifs is 1. The Labute approximate surface area is 103 Å². The van der Waals surface area contributed by atoms with Crippen molar-refractivity contribution in [2.24, 2.45) is 0 Å². The highest BCUT2D eigenvalue weighted by molar-refractivity contribution is 5.83. The van der Waals surface area contributed by atoms with Crippen molar-refractivity contribution in [1.29, 1.82) is 0 Å². The maximum absolute atomic E-state index is 10.8. The Bertz CT molecular complexity index is 578. The molecule has 0 saturated carbocycles. The average Bonchev–Trinajstić information content (AvgIpc) is 2.37. The number of benzene rings is 1. The summed E-state index contributed by atoms with van der Waals surface area (Å²) in [6.07, 6.45) is 1.97. The molecule has 0 aliphatic carbocycles. The summed E-state index contributed by atoms with van der Waals surface area (Å²) in [5.41, 5.74) is 1.54. The fourth-order valence-corrected chi connectivity index (χ4v) is 1.94. The van der Waals surface area contributed by atoms with Crippen molar-refractivity contribution < 1.29 is 14.7 Å². The van der Waals surface area contributed by atoms with E-state index in [-0.39, 0.29) is 6.42 Å². The fourth-order valence-electron chi connectivity index (χ4n) is 1.94. The van der Waals surface area contributed by atoms with Gasteiger partial charge in [0.05, 0.1) is 18.0 Å². The minimum atomic E-state index is -0.963. The van der Waals surface area contributed by atoms with Gasteiger partial charge in [-0.2, -0.15) is 0 Å². The average molecular weight is 244 g/mol. The zero-order valence-electron chi connectivity index (χ0n) is 9.54. The van der Waals surface area contributed by atoms with Crippen molar-refractivity contribution in [3.05, 3.63) is 42.1 Å². The van der Waals surface area contributed by atoms with Crippen LogP contribution in [-0.4, -0.2) is 22.5 Å². The van der Waals surface area contributed by atoms with Crippen molar-refractivity contribution in [2.75, 3.05) is 0 Å². The molecule has 0 aliphatic heterocycles. The minimum Gasteiger partial charge on any atom is -0.481 e. The molecule has 0 spiro atoms. The van der Waals surface area contributed by atoms with Crippen LogP contribution in [0.3, 0.4) is 0 Å². The van der Waals surface area contributed by atoms with Crippen LogP contribution in [0, 0.1) is 0 Å². The molecule has 1 amide bonds. The van der Waals surface area contributed by atoms with E-state index in [9.17, 15) is 9.59 Å². The molecule has 1 aromatic carbocycles. The van der Waals surface area contributed by atoms with Crippen LogP contribution in [0.1, 0.15) is 18.0 Å². The highest BCUT2D eigenvalue weighted by Crippen LogP contribution is 2.24. The van der Waals surface area contributed by atoms with E-state index in [0.29, 0.717) is 6.41 Å². The van der Waals surface area contributed by atoms with E-state index in [2.05, 4.69) is 10.3 Å². The Morgan fingerprint density at radius 1 is 1.39 bits per heavy atom. The smallest absolute Gasteiger partial charge is 0.305 e. The number of aliphatic carboxylic acids is 1. The van der Waals surface area contributed by atoms with E-state index in [1.54, 1.807) is 12.3 Å². The van der Waals surface area contributed by atoms with Crippen LogP contribution in [0.2, 0.25) is 0 Å². The Kier molecular flexibility index (Phi) is 3.52. The third-order valence-corrected chi connectivity index (χ3v) is 2.71. The number of aromatic nitrogens is 1. The molecule has 2 aromatic rings. The Hall–Kier alpha value is -2.43. The van der Waals surface area contributed by atoms with Gasteiger partial charge >= 0.3 is 5.97 Å². The first-order valence-corrected chi connectivity index (χ1v) is 5.47. The standard InChI is InChI=1S/C13H12N2O3/c16-8-15-12(7-13(17)18)10-5-6-14-11-4-2-1-3-9(10)11/h1-6,8,12H,7H2,(H,15,16)(H,17,18). The zero-order chi connectivity index (χ0) is 13.0. The van der Waals surface area contributed by atoms with Crippen LogP contribution in [-0.2, 0) is 9.59 Å². The highest BCUT2D eigenvalue weighted by atomic mass is 16.4. The van der Waals surface area contributed by atoms with Gasteiger partial charge in [-0.05, 0) is 17.7 Å². The van der Waals surface area contributed by atoms with E-state index in [0.717, 1.165) is 16.5 Å². The molecule has 1 heterocycles. The monoisotopic (exact) mass is 244 g/mol. The van der Waals surface area contributed by atoms with Gasteiger partial charge in [-0.15, -0.1) is 0 Å². The molecule has 0 fully saturated rings. The number of hydrogen-bond acceptors (Lipinski definition) is 3. The van der Waals surface area contributed by atoms with Crippen LogP contribution >= 0.6 is 0 Å². The van der Waals surface area contributed by atoms with Gasteiger partial charge in [-0.3, -0.25) is 14.6 Å². The number of carboxylic acids is 1. The molecule has 1 atom stereocenters. The number of amides is 1. The molecule has 0 bridgehead atoms. The molecule has 0 radical (unpaired) electrons. The van der Waals surface area contributed by atoms with Crippen molar-refractivity contribution in [2.45, 2.75) is 12.5 Å². The lowest BCUT2D eigenvalue weighted by molar-refractivity contribution is -0.137. The number of nitrogens with zero attached hydrogens (tertiary/aromatic N) is 1. The summed E-state index contributed by atoms with van der Waals surface area (Å²) in [5, 5.41) is 12.3. The number of para-hydroxylation sites is 1. The molecule has 5 heteroatoms. The predicted molar refractivity (Wildman–Crippen MR) is 65.9 cm³/mol. The van der Waals surface area contributed by atoms with E-state index in [1.807, 2.05) is 24.3 Å². The molecule has 92 valence electrons. The van der Waals surface area contributed by atoms with Crippen molar-refractivity contribution >= 4 is 23.3 Å². The summed E-state index contributed by atoms with van der Waals surface area (Å²) < 4.78 is 0. The molecule has 0 saturated heterocycles. The van der Waals surface area contributed by atoms with Gasteiger partial charge in [0, 0.05) is 11.6 Å². The number of nitrogens with one attached hydrogen (secondary N) is 1. The van der Waals surface area contributed by atoms with Crippen LogP contribution in [0.4, 0.5) is 0 Å². The summed E-state index contributed by atoms with van der Waals surface area (Å²) in [7, 11) is 0. The third-order valence-electron chi connectivity index (χ3n) is 2.71. The second-order valence-corrected chi connectivity index (χ2v) is 3.85.